The first kappa shape index (κ1) is 21.1. The number of fused-ring (bicyclic) bond motifs is 1. The van der Waals surface area contributed by atoms with Crippen LogP contribution in [0.25, 0.3) is 5.57 Å². The predicted octanol–water partition coefficient (Wildman–Crippen LogP) is -2.14. The molecule has 1 aromatic carbocycles. The number of aliphatic carboxylic acids is 1. The number of thioether (sulfide) groups is 1. The zero-order chi connectivity index (χ0) is 19.0. The minimum atomic E-state index is -1.38. The third kappa shape index (κ3) is 3.92. The van der Waals surface area contributed by atoms with Gasteiger partial charge in [0.25, 0.3) is 5.91 Å². The van der Waals surface area contributed by atoms with Gasteiger partial charge in [0, 0.05) is 10.6 Å². The number of hydrogen-bond acceptors (Lipinski definition) is 6. The summed E-state index contributed by atoms with van der Waals surface area (Å²) >= 11 is 2.92. The number of carboxylic acids is 1. The van der Waals surface area contributed by atoms with Crippen molar-refractivity contribution in [1.29, 1.82) is 0 Å². The molecule has 1 saturated heterocycles. The second kappa shape index (κ2) is 8.84. The minimum Gasteiger partial charge on any atom is -0.543 e. The number of hydrogen-bond donors (Lipinski definition) is 1. The number of carbonyl (C=O) groups is 3. The van der Waals surface area contributed by atoms with Gasteiger partial charge < -0.3 is 15.2 Å². The van der Waals surface area contributed by atoms with Crippen molar-refractivity contribution in [2.75, 3.05) is 5.75 Å². The molecule has 0 unspecified atom stereocenters. The molecule has 2 atom stereocenters. The predicted molar refractivity (Wildman–Crippen MR) is 101 cm³/mol. The molecule has 0 aliphatic carbocycles. The van der Waals surface area contributed by atoms with E-state index in [9.17, 15) is 19.5 Å². The van der Waals surface area contributed by atoms with Crippen LogP contribution in [-0.4, -0.2) is 39.9 Å². The Morgan fingerprint density at radius 3 is 2.57 bits per heavy atom. The molecule has 138 valence electrons. The van der Waals surface area contributed by atoms with E-state index in [1.165, 1.54) is 28.0 Å². The fraction of sp³-hybridized carbons (Fsp3) is 0.211. The van der Waals surface area contributed by atoms with Crippen molar-refractivity contribution in [1.82, 2.24) is 10.2 Å². The van der Waals surface area contributed by atoms with Crippen LogP contribution in [-0.2, 0) is 20.8 Å². The Hall–Kier alpha value is -1.58. The van der Waals surface area contributed by atoms with Crippen molar-refractivity contribution in [2.45, 2.75) is 17.8 Å². The summed E-state index contributed by atoms with van der Waals surface area (Å²) in [5.74, 6) is -1.61. The molecular weight excluding hydrogens is 407 g/mol. The molecule has 1 N–H and O–H groups in total. The van der Waals surface area contributed by atoms with Crippen LogP contribution >= 0.6 is 23.1 Å². The summed E-state index contributed by atoms with van der Waals surface area (Å²) in [7, 11) is 0. The molecule has 0 bridgehead atoms. The Bertz CT molecular complexity index is 931. The normalized spacial score (nSPS) is 20.7. The number of thiophene rings is 1. The maximum Gasteiger partial charge on any atom is 1.00 e. The Kier molecular flexibility index (Phi) is 6.67. The number of carbonyl (C=O) groups excluding carboxylic acids is 3. The van der Waals surface area contributed by atoms with Gasteiger partial charge in [0.15, 0.2) is 0 Å². The quantitative estimate of drug-likeness (QED) is 0.439. The number of nitrogens with one attached hydrogen (secondary N) is 1. The zero-order valence-corrected chi connectivity index (χ0v) is 18.7. The summed E-state index contributed by atoms with van der Waals surface area (Å²) in [4.78, 5) is 38.7. The molecule has 2 aliphatic rings. The summed E-state index contributed by atoms with van der Waals surface area (Å²) < 4.78 is 0. The van der Waals surface area contributed by atoms with Crippen molar-refractivity contribution in [3.05, 3.63) is 64.0 Å². The van der Waals surface area contributed by atoms with Crippen molar-refractivity contribution in [3.63, 3.8) is 0 Å². The average Bonchev–Trinajstić information content (AvgIpc) is 3.18. The van der Waals surface area contributed by atoms with Gasteiger partial charge in [-0.05, 0) is 22.6 Å². The van der Waals surface area contributed by atoms with Crippen LogP contribution in [0, 0.1) is 0 Å². The molecule has 0 saturated carbocycles. The van der Waals surface area contributed by atoms with Gasteiger partial charge in [-0.1, -0.05) is 36.4 Å². The molecular formula is C19H15N2NaO4S2. The summed E-state index contributed by atoms with van der Waals surface area (Å²) in [5.41, 5.74) is 1.22. The summed E-state index contributed by atoms with van der Waals surface area (Å²) in [5, 5.41) is 16.0. The standard InChI is InChI=1S/C19H16N2O4S2.Na/c22-14(9-12-7-4-8-26-12)20-15-17(23)21-16(19(24)25)13(10-27-18(15)21)11-5-2-1-3-6-11;/h1-8,15,18H,9-10H2,(H,20,22)(H,24,25);/q;+1/p-1/t15-,18-;/m1./s1. The van der Waals surface area contributed by atoms with Gasteiger partial charge >= 0.3 is 29.6 Å². The third-order valence-electron chi connectivity index (χ3n) is 4.52. The zero-order valence-electron chi connectivity index (χ0n) is 15.1. The van der Waals surface area contributed by atoms with Crippen molar-refractivity contribution in [2.24, 2.45) is 0 Å². The third-order valence-corrected chi connectivity index (χ3v) is 6.67. The van der Waals surface area contributed by atoms with Crippen molar-refractivity contribution >= 4 is 46.5 Å². The van der Waals surface area contributed by atoms with E-state index in [2.05, 4.69) is 5.32 Å². The molecule has 1 aromatic heterocycles. The SMILES string of the molecule is O=C(Cc1cccs1)N[C@@H]1C(=O)N2C(C(=O)[O-])=C(c3ccccc3)CS[C@H]12.[Na+]. The second-order valence-corrected chi connectivity index (χ2v) is 8.33. The first-order valence-corrected chi connectivity index (χ1v) is 10.3. The van der Waals surface area contributed by atoms with Crippen LogP contribution in [0.4, 0.5) is 0 Å². The maximum atomic E-state index is 12.6. The fourth-order valence-electron chi connectivity index (χ4n) is 3.26. The number of benzene rings is 1. The van der Waals surface area contributed by atoms with Gasteiger partial charge in [0.2, 0.25) is 5.91 Å². The van der Waals surface area contributed by atoms with Crippen LogP contribution in [0.15, 0.2) is 53.5 Å². The van der Waals surface area contributed by atoms with Crippen LogP contribution in [0.2, 0.25) is 0 Å². The van der Waals surface area contributed by atoms with Crippen molar-refractivity contribution in [3.8, 4) is 0 Å². The number of carboxylic acid groups (broad SMARTS) is 1. The van der Waals surface area contributed by atoms with Gasteiger partial charge in [0.1, 0.15) is 11.4 Å². The molecule has 9 heteroatoms. The van der Waals surface area contributed by atoms with Crippen molar-refractivity contribution < 1.29 is 49.0 Å². The fourth-order valence-corrected chi connectivity index (χ4v) is 5.34. The van der Waals surface area contributed by atoms with E-state index in [1.807, 2.05) is 47.8 Å². The maximum absolute atomic E-state index is 12.6. The van der Waals surface area contributed by atoms with Crippen LogP contribution in [0.5, 0.6) is 0 Å². The molecule has 0 radical (unpaired) electrons. The number of nitrogens with zero attached hydrogens (tertiary/aromatic N) is 1. The van der Waals surface area contributed by atoms with E-state index in [1.54, 1.807) is 0 Å². The smallest absolute Gasteiger partial charge is 0.543 e. The Labute approximate surface area is 192 Å². The summed E-state index contributed by atoms with van der Waals surface area (Å²) in [6, 6.07) is 12.1. The largest absolute Gasteiger partial charge is 1.00 e. The van der Waals surface area contributed by atoms with E-state index >= 15 is 0 Å². The molecule has 28 heavy (non-hydrogen) atoms. The second-order valence-electron chi connectivity index (χ2n) is 6.19. The Balaban J connectivity index is 0.00000225. The van der Waals surface area contributed by atoms with Gasteiger partial charge in [-0.2, -0.15) is 0 Å². The van der Waals surface area contributed by atoms with Gasteiger partial charge in [0.05, 0.1) is 18.1 Å². The molecule has 2 aromatic rings. The van der Waals surface area contributed by atoms with Crippen LogP contribution in [0.1, 0.15) is 10.4 Å². The topological polar surface area (TPSA) is 89.5 Å². The molecule has 1 fully saturated rings. The molecule has 0 spiro atoms. The summed E-state index contributed by atoms with van der Waals surface area (Å²) in [6.07, 6.45) is 0.206. The average molecular weight is 422 g/mol. The first-order valence-electron chi connectivity index (χ1n) is 8.32. The molecule has 2 aliphatic heterocycles. The summed E-state index contributed by atoms with van der Waals surface area (Å²) in [6.45, 7) is 0. The van der Waals surface area contributed by atoms with E-state index < -0.39 is 23.3 Å². The minimum absolute atomic E-state index is 0. The number of β-lactam (4-membered cyclic amide) rings is 1. The number of rotatable bonds is 5. The van der Waals surface area contributed by atoms with E-state index in [0.717, 1.165) is 10.4 Å². The monoisotopic (exact) mass is 422 g/mol. The molecule has 6 nitrogen and oxygen atoms in total. The molecule has 3 heterocycles. The van der Waals surface area contributed by atoms with E-state index in [0.29, 0.717) is 11.3 Å². The Morgan fingerprint density at radius 1 is 1.18 bits per heavy atom. The number of amides is 2. The van der Waals surface area contributed by atoms with Crippen LogP contribution < -0.4 is 40.0 Å². The Morgan fingerprint density at radius 2 is 1.93 bits per heavy atom. The van der Waals surface area contributed by atoms with E-state index in [-0.39, 0.29) is 47.6 Å². The molecule has 2 amide bonds. The first-order chi connectivity index (χ1) is 13.1. The van der Waals surface area contributed by atoms with Gasteiger partial charge in [-0.25, -0.2) is 0 Å². The van der Waals surface area contributed by atoms with Crippen LogP contribution in [0.3, 0.4) is 0 Å². The van der Waals surface area contributed by atoms with Gasteiger partial charge in [-0.15, -0.1) is 23.1 Å². The van der Waals surface area contributed by atoms with Gasteiger partial charge in [-0.3, -0.25) is 14.5 Å². The van der Waals surface area contributed by atoms with E-state index in [4.69, 9.17) is 0 Å². The molecule has 4 rings (SSSR count).